The van der Waals surface area contributed by atoms with E-state index in [-0.39, 0.29) is 23.4 Å². The molecule has 0 radical (unpaired) electrons. The minimum absolute atomic E-state index is 0.0136. The lowest BCUT2D eigenvalue weighted by Crippen LogP contribution is -2.41. The van der Waals surface area contributed by atoms with Gasteiger partial charge in [0, 0.05) is 19.2 Å². The summed E-state index contributed by atoms with van der Waals surface area (Å²) >= 11 is 0. The van der Waals surface area contributed by atoms with Crippen LogP contribution in [0.5, 0.6) is 11.5 Å². The second-order valence-electron chi connectivity index (χ2n) is 5.54. The number of rotatable bonds is 9. The smallest absolute Gasteiger partial charge is 0.243 e. The zero-order chi connectivity index (χ0) is 18.3. The molecular weight excluding hydrogens is 332 g/mol. The van der Waals surface area contributed by atoms with E-state index in [1.807, 2.05) is 13.8 Å². The van der Waals surface area contributed by atoms with Crippen molar-refractivity contribution in [3.8, 4) is 11.5 Å². The van der Waals surface area contributed by atoms with Gasteiger partial charge in [0.15, 0.2) is 11.5 Å². The SMILES string of the molecule is CCC[C@H](C)NC(=O)CN(C)S(=O)(=O)c1ccc(OC)c(OC)c1. The van der Waals surface area contributed by atoms with E-state index < -0.39 is 10.0 Å². The van der Waals surface area contributed by atoms with Crippen LogP contribution in [0.25, 0.3) is 0 Å². The van der Waals surface area contributed by atoms with E-state index >= 15 is 0 Å². The van der Waals surface area contributed by atoms with Gasteiger partial charge in [-0.1, -0.05) is 13.3 Å². The normalized spacial score (nSPS) is 12.8. The molecule has 24 heavy (non-hydrogen) atoms. The van der Waals surface area contributed by atoms with E-state index in [0.29, 0.717) is 11.5 Å². The standard InChI is InChI=1S/C16H26N2O5S/c1-6-7-12(2)17-16(19)11-18(3)24(20,21)13-8-9-14(22-4)15(10-13)23-5/h8-10,12H,6-7,11H2,1-5H3,(H,17,19)/t12-/m0/s1. The van der Waals surface area contributed by atoms with Gasteiger partial charge in [0.25, 0.3) is 0 Å². The van der Waals surface area contributed by atoms with E-state index in [2.05, 4.69) is 5.32 Å². The summed E-state index contributed by atoms with van der Waals surface area (Å²) in [4.78, 5) is 12.0. The van der Waals surface area contributed by atoms with Gasteiger partial charge in [-0.2, -0.15) is 4.31 Å². The van der Waals surface area contributed by atoms with Gasteiger partial charge in [-0.05, 0) is 25.5 Å². The van der Waals surface area contributed by atoms with Crippen molar-refractivity contribution in [1.82, 2.24) is 9.62 Å². The Hall–Kier alpha value is -1.80. The van der Waals surface area contributed by atoms with Crippen molar-refractivity contribution in [2.45, 2.75) is 37.6 Å². The average molecular weight is 358 g/mol. The molecule has 1 rings (SSSR count). The van der Waals surface area contributed by atoms with E-state index in [9.17, 15) is 13.2 Å². The minimum Gasteiger partial charge on any atom is -0.493 e. The van der Waals surface area contributed by atoms with Gasteiger partial charge >= 0.3 is 0 Å². The van der Waals surface area contributed by atoms with Crippen molar-refractivity contribution >= 4 is 15.9 Å². The number of nitrogens with zero attached hydrogens (tertiary/aromatic N) is 1. The highest BCUT2D eigenvalue weighted by Gasteiger charge is 2.24. The summed E-state index contributed by atoms with van der Waals surface area (Å²) < 4.78 is 36.4. The Morgan fingerprint density at radius 2 is 1.88 bits per heavy atom. The molecule has 0 aliphatic rings. The quantitative estimate of drug-likeness (QED) is 0.725. The molecule has 1 aromatic rings. The Kier molecular flexibility index (Phi) is 7.50. The fraction of sp³-hybridized carbons (Fsp3) is 0.562. The predicted octanol–water partition coefficient (Wildman–Crippen LogP) is 1.63. The molecule has 7 nitrogen and oxygen atoms in total. The van der Waals surface area contributed by atoms with Gasteiger partial charge in [-0.15, -0.1) is 0 Å². The van der Waals surface area contributed by atoms with E-state index in [1.54, 1.807) is 0 Å². The van der Waals surface area contributed by atoms with E-state index in [4.69, 9.17) is 9.47 Å². The zero-order valence-electron chi connectivity index (χ0n) is 14.8. The molecule has 136 valence electrons. The van der Waals surface area contributed by atoms with Crippen LogP contribution in [0.15, 0.2) is 23.1 Å². The maximum Gasteiger partial charge on any atom is 0.243 e. The third-order valence-corrected chi connectivity index (χ3v) is 5.36. The summed E-state index contributed by atoms with van der Waals surface area (Å²) in [6, 6.07) is 4.33. The van der Waals surface area contributed by atoms with Crippen molar-refractivity contribution in [3.05, 3.63) is 18.2 Å². The number of benzene rings is 1. The molecule has 1 N–H and O–H groups in total. The van der Waals surface area contributed by atoms with Crippen molar-refractivity contribution in [3.63, 3.8) is 0 Å². The molecule has 0 bridgehead atoms. The van der Waals surface area contributed by atoms with E-state index in [1.165, 1.54) is 39.5 Å². The third kappa shape index (κ3) is 5.10. The van der Waals surface area contributed by atoms with E-state index in [0.717, 1.165) is 17.1 Å². The molecule has 0 unspecified atom stereocenters. The number of carbonyl (C=O) groups excluding carboxylic acids is 1. The highest BCUT2D eigenvalue weighted by Crippen LogP contribution is 2.30. The molecule has 0 aliphatic heterocycles. The number of sulfonamides is 1. The zero-order valence-corrected chi connectivity index (χ0v) is 15.6. The van der Waals surface area contributed by atoms with Crippen molar-refractivity contribution in [1.29, 1.82) is 0 Å². The van der Waals surface area contributed by atoms with Crippen molar-refractivity contribution < 1.29 is 22.7 Å². The maximum absolute atomic E-state index is 12.6. The molecule has 0 saturated carbocycles. The molecule has 0 saturated heterocycles. The molecule has 1 atom stereocenters. The fourth-order valence-corrected chi connectivity index (χ4v) is 3.41. The molecule has 0 heterocycles. The monoisotopic (exact) mass is 358 g/mol. The van der Waals surface area contributed by atoms with Crippen LogP contribution in [0.2, 0.25) is 0 Å². The fourth-order valence-electron chi connectivity index (χ4n) is 2.27. The first-order chi connectivity index (χ1) is 11.3. The van der Waals surface area contributed by atoms with Gasteiger partial charge in [0.2, 0.25) is 15.9 Å². The number of nitrogens with one attached hydrogen (secondary N) is 1. The van der Waals surface area contributed by atoms with Crippen LogP contribution in [-0.2, 0) is 14.8 Å². The number of carbonyl (C=O) groups is 1. The minimum atomic E-state index is -3.80. The lowest BCUT2D eigenvalue weighted by Gasteiger charge is -2.19. The topological polar surface area (TPSA) is 84.9 Å². The summed E-state index contributed by atoms with van der Waals surface area (Å²) in [6.07, 6.45) is 1.79. The Balaban J connectivity index is 2.89. The Morgan fingerprint density at radius 1 is 1.25 bits per heavy atom. The highest BCUT2D eigenvalue weighted by molar-refractivity contribution is 7.89. The molecule has 0 aromatic heterocycles. The van der Waals surface area contributed by atoms with Crippen LogP contribution in [0.1, 0.15) is 26.7 Å². The van der Waals surface area contributed by atoms with Crippen LogP contribution in [-0.4, -0.2) is 52.5 Å². The van der Waals surface area contributed by atoms with Gasteiger partial charge in [0.1, 0.15) is 0 Å². The maximum atomic E-state index is 12.6. The number of hydrogen-bond donors (Lipinski definition) is 1. The van der Waals surface area contributed by atoms with Gasteiger partial charge in [-0.3, -0.25) is 4.79 Å². The molecule has 8 heteroatoms. The molecule has 0 aliphatic carbocycles. The Bertz CT molecular complexity index is 660. The molecule has 1 aromatic carbocycles. The number of hydrogen-bond acceptors (Lipinski definition) is 5. The lowest BCUT2D eigenvalue weighted by atomic mass is 10.2. The third-order valence-electron chi connectivity index (χ3n) is 3.56. The lowest BCUT2D eigenvalue weighted by molar-refractivity contribution is -0.121. The molecule has 1 amide bonds. The van der Waals surface area contributed by atoms with Gasteiger partial charge in [-0.25, -0.2) is 8.42 Å². The van der Waals surface area contributed by atoms with Crippen LogP contribution < -0.4 is 14.8 Å². The number of likely N-dealkylation sites (N-methyl/N-ethyl adjacent to an activating group) is 1. The van der Waals surface area contributed by atoms with Gasteiger partial charge < -0.3 is 14.8 Å². The van der Waals surface area contributed by atoms with Crippen LogP contribution >= 0.6 is 0 Å². The highest BCUT2D eigenvalue weighted by atomic mass is 32.2. The first-order valence-corrected chi connectivity index (χ1v) is 9.18. The second-order valence-corrected chi connectivity index (χ2v) is 7.58. The molecule has 0 spiro atoms. The van der Waals surface area contributed by atoms with Crippen molar-refractivity contribution in [2.24, 2.45) is 0 Å². The van der Waals surface area contributed by atoms with Crippen molar-refractivity contribution in [2.75, 3.05) is 27.8 Å². The number of methoxy groups -OCH3 is 2. The van der Waals surface area contributed by atoms with Crippen LogP contribution in [0.4, 0.5) is 0 Å². The first kappa shape index (κ1) is 20.2. The van der Waals surface area contributed by atoms with Gasteiger partial charge in [0.05, 0.1) is 25.7 Å². The second kappa shape index (κ2) is 8.89. The molecule has 0 fully saturated rings. The molecular formula is C16H26N2O5S. The first-order valence-electron chi connectivity index (χ1n) is 7.74. The summed E-state index contributed by atoms with van der Waals surface area (Å²) in [5.74, 6) is 0.417. The summed E-state index contributed by atoms with van der Waals surface area (Å²) in [7, 11) is 0.472. The summed E-state index contributed by atoms with van der Waals surface area (Å²) in [5.41, 5.74) is 0. The largest absolute Gasteiger partial charge is 0.493 e. The van der Waals surface area contributed by atoms with Crippen LogP contribution in [0.3, 0.4) is 0 Å². The number of amides is 1. The average Bonchev–Trinajstić information content (AvgIpc) is 2.53. The Labute approximate surface area is 144 Å². The predicted molar refractivity (Wildman–Crippen MR) is 91.9 cm³/mol. The Morgan fingerprint density at radius 3 is 2.42 bits per heavy atom. The summed E-state index contributed by atoms with van der Waals surface area (Å²) in [5, 5.41) is 2.79. The number of ether oxygens (including phenoxy) is 2. The summed E-state index contributed by atoms with van der Waals surface area (Å²) in [6.45, 7) is 3.67. The van der Waals surface area contributed by atoms with Crippen LogP contribution in [0, 0.1) is 0 Å².